The van der Waals surface area contributed by atoms with Gasteiger partial charge in [-0.3, -0.25) is 4.79 Å². The molecule has 5 heteroatoms. The summed E-state index contributed by atoms with van der Waals surface area (Å²) in [5.41, 5.74) is 5.36. The third-order valence-corrected chi connectivity index (χ3v) is 2.92. The minimum Gasteiger partial charge on any atom is -0.481 e. The summed E-state index contributed by atoms with van der Waals surface area (Å²) >= 11 is 1.45. The summed E-state index contributed by atoms with van der Waals surface area (Å²) in [7, 11) is 0. The molecule has 0 aliphatic rings. The number of carbonyl (C=O) groups is 1. The summed E-state index contributed by atoms with van der Waals surface area (Å²) in [6.45, 7) is 3.64. The molecule has 14 heavy (non-hydrogen) atoms. The van der Waals surface area contributed by atoms with E-state index >= 15 is 0 Å². The quantitative estimate of drug-likeness (QED) is 0.795. The smallest absolute Gasteiger partial charge is 0.304 e. The van der Waals surface area contributed by atoms with E-state index in [4.69, 9.17) is 10.8 Å². The molecule has 4 nitrogen and oxygen atoms in total. The van der Waals surface area contributed by atoms with E-state index in [9.17, 15) is 4.79 Å². The molecule has 0 saturated carbocycles. The Labute approximate surface area is 86.8 Å². The van der Waals surface area contributed by atoms with Crippen LogP contribution in [0.3, 0.4) is 0 Å². The van der Waals surface area contributed by atoms with Crippen molar-refractivity contribution in [2.24, 2.45) is 5.73 Å². The first-order valence-corrected chi connectivity index (χ1v) is 5.19. The molecular weight excluding hydrogens is 200 g/mol. The highest BCUT2D eigenvalue weighted by molar-refractivity contribution is 7.09. The Morgan fingerprint density at radius 3 is 2.79 bits per heavy atom. The molecule has 0 fully saturated rings. The van der Waals surface area contributed by atoms with Crippen LogP contribution >= 0.6 is 11.3 Å². The van der Waals surface area contributed by atoms with Gasteiger partial charge in [-0.15, -0.1) is 11.3 Å². The summed E-state index contributed by atoms with van der Waals surface area (Å²) in [4.78, 5) is 14.8. The maximum absolute atomic E-state index is 10.7. The summed E-state index contributed by atoms with van der Waals surface area (Å²) in [5, 5.41) is 11.4. The first-order valence-electron chi connectivity index (χ1n) is 4.31. The zero-order valence-electron chi connectivity index (χ0n) is 8.23. The van der Waals surface area contributed by atoms with E-state index in [-0.39, 0.29) is 12.3 Å². The molecule has 1 aromatic heterocycles. The maximum Gasteiger partial charge on any atom is 0.304 e. The predicted octanol–water partition coefficient (Wildman–Crippen LogP) is 1.44. The van der Waals surface area contributed by atoms with E-state index in [0.29, 0.717) is 0 Å². The third kappa shape index (κ3) is 2.78. The monoisotopic (exact) mass is 214 g/mol. The van der Waals surface area contributed by atoms with Gasteiger partial charge in [0.2, 0.25) is 0 Å². The summed E-state index contributed by atoms with van der Waals surface area (Å²) in [5.74, 6) is -1.07. The fourth-order valence-corrected chi connectivity index (χ4v) is 2.18. The average Bonchev–Trinajstić information content (AvgIpc) is 2.49. The molecule has 0 saturated heterocycles. The van der Waals surface area contributed by atoms with E-state index in [1.807, 2.05) is 19.2 Å². The van der Waals surface area contributed by atoms with Crippen LogP contribution in [0.15, 0.2) is 11.6 Å². The minimum atomic E-state index is -0.844. The molecule has 0 aromatic carbocycles. The first-order chi connectivity index (χ1) is 6.41. The zero-order valence-corrected chi connectivity index (χ0v) is 9.04. The summed E-state index contributed by atoms with van der Waals surface area (Å²) in [6, 6.07) is 0. The number of aliphatic carboxylic acids is 1. The molecule has 1 heterocycles. The molecule has 0 spiro atoms. The van der Waals surface area contributed by atoms with Gasteiger partial charge in [0.25, 0.3) is 0 Å². The Morgan fingerprint density at radius 1 is 1.79 bits per heavy atom. The first kappa shape index (κ1) is 11.1. The number of aromatic nitrogens is 1. The van der Waals surface area contributed by atoms with Crippen molar-refractivity contribution in [2.45, 2.75) is 31.7 Å². The van der Waals surface area contributed by atoms with E-state index in [0.717, 1.165) is 5.01 Å². The summed E-state index contributed by atoms with van der Waals surface area (Å²) in [6.07, 6.45) is 1.69. The Bertz CT molecular complexity index is 303. The Hall–Kier alpha value is -0.940. The van der Waals surface area contributed by atoms with Crippen molar-refractivity contribution in [2.75, 3.05) is 0 Å². The highest BCUT2D eigenvalue weighted by Crippen LogP contribution is 2.30. The molecule has 1 atom stereocenters. The van der Waals surface area contributed by atoms with E-state index < -0.39 is 11.5 Å². The zero-order chi connectivity index (χ0) is 10.8. The van der Waals surface area contributed by atoms with Gasteiger partial charge in [0.15, 0.2) is 0 Å². The van der Waals surface area contributed by atoms with Gasteiger partial charge in [0, 0.05) is 23.0 Å². The van der Waals surface area contributed by atoms with Crippen LogP contribution in [0.1, 0.15) is 31.2 Å². The number of carboxylic acids is 1. The van der Waals surface area contributed by atoms with Crippen molar-refractivity contribution < 1.29 is 9.90 Å². The second-order valence-electron chi connectivity index (χ2n) is 3.84. The SMILES string of the molecule is CC(C)(N)C(CC(=O)O)c1nccs1. The van der Waals surface area contributed by atoms with Crippen LogP contribution in [-0.2, 0) is 4.79 Å². The number of rotatable bonds is 4. The molecule has 3 N–H and O–H groups in total. The topological polar surface area (TPSA) is 76.2 Å². The number of nitrogens with zero attached hydrogens (tertiary/aromatic N) is 1. The second-order valence-corrected chi connectivity index (χ2v) is 4.77. The molecular formula is C9H14N2O2S. The molecule has 1 rings (SSSR count). The van der Waals surface area contributed by atoms with E-state index in [1.165, 1.54) is 11.3 Å². The summed E-state index contributed by atoms with van der Waals surface area (Å²) < 4.78 is 0. The normalized spacial score (nSPS) is 13.9. The van der Waals surface area contributed by atoms with Gasteiger partial charge in [-0.2, -0.15) is 0 Å². The molecule has 0 amide bonds. The number of nitrogens with two attached hydrogens (primary N) is 1. The van der Waals surface area contributed by atoms with Crippen molar-refractivity contribution in [3.63, 3.8) is 0 Å². The average molecular weight is 214 g/mol. The molecule has 1 unspecified atom stereocenters. The Kier molecular flexibility index (Phi) is 3.23. The predicted molar refractivity (Wildman–Crippen MR) is 55.4 cm³/mol. The highest BCUT2D eigenvalue weighted by atomic mass is 32.1. The largest absolute Gasteiger partial charge is 0.481 e. The molecule has 0 aliphatic heterocycles. The molecule has 0 aliphatic carbocycles. The highest BCUT2D eigenvalue weighted by Gasteiger charge is 2.30. The lowest BCUT2D eigenvalue weighted by atomic mass is 9.86. The van der Waals surface area contributed by atoms with Crippen LogP contribution in [0.5, 0.6) is 0 Å². The molecule has 1 aromatic rings. The van der Waals surface area contributed by atoms with Gasteiger partial charge < -0.3 is 10.8 Å². The van der Waals surface area contributed by atoms with Gasteiger partial charge >= 0.3 is 5.97 Å². The third-order valence-electron chi connectivity index (χ3n) is 2.03. The van der Waals surface area contributed by atoms with Crippen LogP contribution < -0.4 is 5.73 Å². The Morgan fingerprint density at radius 2 is 2.43 bits per heavy atom. The molecule has 0 radical (unpaired) electrons. The van der Waals surface area contributed by atoms with Crippen molar-refractivity contribution in [3.05, 3.63) is 16.6 Å². The lowest BCUT2D eigenvalue weighted by Crippen LogP contribution is -2.40. The van der Waals surface area contributed by atoms with Crippen molar-refractivity contribution in [1.29, 1.82) is 0 Å². The number of hydrogen-bond acceptors (Lipinski definition) is 4. The van der Waals surface area contributed by atoms with Crippen molar-refractivity contribution in [3.8, 4) is 0 Å². The van der Waals surface area contributed by atoms with Crippen LogP contribution in [0.2, 0.25) is 0 Å². The van der Waals surface area contributed by atoms with Crippen LogP contribution in [0, 0.1) is 0 Å². The van der Waals surface area contributed by atoms with Crippen molar-refractivity contribution >= 4 is 17.3 Å². The maximum atomic E-state index is 10.7. The number of thiazole rings is 1. The van der Waals surface area contributed by atoms with Crippen LogP contribution in [0.4, 0.5) is 0 Å². The van der Waals surface area contributed by atoms with Crippen LogP contribution in [0.25, 0.3) is 0 Å². The fourth-order valence-electron chi connectivity index (χ4n) is 1.25. The lowest BCUT2D eigenvalue weighted by molar-refractivity contribution is -0.137. The Balaban J connectivity index is 2.89. The van der Waals surface area contributed by atoms with Gasteiger partial charge in [-0.1, -0.05) is 0 Å². The van der Waals surface area contributed by atoms with Gasteiger partial charge in [0.05, 0.1) is 11.4 Å². The van der Waals surface area contributed by atoms with Gasteiger partial charge in [-0.25, -0.2) is 4.98 Å². The van der Waals surface area contributed by atoms with Gasteiger partial charge in [-0.05, 0) is 13.8 Å². The van der Waals surface area contributed by atoms with Crippen LogP contribution in [-0.4, -0.2) is 21.6 Å². The fraction of sp³-hybridized carbons (Fsp3) is 0.556. The lowest BCUT2D eigenvalue weighted by Gasteiger charge is -2.27. The van der Waals surface area contributed by atoms with Gasteiger partial charge in [0.1, 0.15) is 0 Å². The van der Waals surface area contributed by atoms with Crippen molar-refractivity contribution in [1.82, 2.24) is 4.98 Å². The minimum absolute atomic E-state index is 0.0248. The number of hydrogen-bond donors (Lipinski definition) is 2. The molecule has 78 valence electrons. The van der Waals surface area contributed by atoms with E-state index in [2.05, 4.69) is 4.98 Å². The number of carboxylic acid groups (broad SMARTS) is 1. The standard InChI is InChI=1S/C9H14N2O2S/c1-9(2,10)6(5-7(12)13)8-11-3-4-14-8/h3-4,6H,5,10H2,1-2H3,(H,12,13). The second kappa shape index (κ2) is 4.06. The van der Waals surface area contributed by atoms with E-state index in [1.54, 1.807) is 6.20 Å². The molecule has 0 bridgehead atoms.